The van der Waals surface area contributed by atoms with Gasteiger partial charge >= 0.3 is 0 Å². The number of likely N-dealkylation sites (tertiary alicyclic amines) is 1. The lowest BCUT2D eigenvalue weighted by Crippen LogP contribution is -2.31. The fourth-order valence-electron chi connectivity index (χ4n) is 4.23. The summed E-state index contributed by atoms with van der Waals surface area (Å²) >= 11 is 1.61. The molecule has 0 atom stereocenters. The van der Waals surface area contributed by atoms with E-state index in [-0.39, 0.29) is 5.56 Å². The number of aromatic nitrogens is 3. The highest BCUT2D eigenvalue weighted by molar-refractivity contribution is 7.16. The molecule has 1 aromatic carbocycles. The van der Waals surface area contributed by atoms with Gasteiger partial charge < -0.3 is 9.88 Å². The van der Waals surface area contributed by atoms with Gasteiger partial charge in [0.1, 0.15) is 10.7 Å². The zero-order valence-corrected chi connectivity index (χ0v) is 17.4. The number of hydrogen-bond donors (Lipinski definition) is 1. The molecule has 29 heavy (non-hydrogen) atoms. The van der Waals surface area contributed by atoms with Crippen molar-refractivity contribution >= 4 is 32.5 Å². The third-order valence-electron chi connectivity index (χ3n) is 5.81. The number of piperidine rings is 1. The third kappa shape index (κ3) is 3.70. The molecule has 5 nitrogen and oxygen atoms in total. The number of fused-ring (bicyclic) bond motifs is 2. The van der Waals surface area contributed by atoms with E-state index >= 15 is 0 Å². The third-order valence-corrected chi connectivity index (χ3v) is 6.64. The molecular weight excluding hydrogens is 380 g/mol. The molecule has 4 aromatic rings. The van der Waals surface area contributed by atoms with E-state index in [4.69, 9.17) is 4.98 Å². The normalized spacial score (nSPS) is 15.3. The minimum Gasteiger partial charge on any atom is -0.306 e. The SMILES string of the molecule is Cc1cc(CCN2CCCCC2)cc2c(=O)[nH]c(-c3cnc4sccc4c3)nc12. The lowest BCUT2D eigenvalue weighted by atomic mass is 10.0. The van der Waals surface area contributed by atoms with E-state index in [1.54, 1.807) is 17.5 Å². The van der Waals surface area contributed by atoms with Crippen molar-refractivity contribution in [1.29, 1.82) is 0 Å². The van der Waals surface area contributed by atoms with E-state index in [0.717, 1.165) is 39.8 Å². The van der Waals surface area contributed by atoms with Gasteiger partial charge in [0.05, 0.1) is 10.9 Å². The van der Waals surface area contributed by atoms with Crippen LogP contribution >= 0.6 is 11.3 Å². The van der Waals surface area contributed by atoms with Crippen LogP contribution in [0.5, 0.6) is 0 Å². The molecule has 0 bridgehead atoms. The molecule has 0 spiro atoms. The van der Waals surface area contributed by atoms with Crippen LogP contribution < -0.4 is 5.56 Å². The average molecular weight is 405 g/mol. The van der Waals surface area contributed by atoms with Crippen molar-refractivity contribution < 1.29 is 0 Å². The second-order valence-electron chi connectivity index (χ2n) is 7.91. The van der Waals surface area contributed by atoms with Crippen LogP contribution in [0.15, 0.2) is 40.6 Å². The van der Waals surface area contributed by atoms with Crippen molar-refractivity contribution in [2.24, 2.45) is 0 Å². The zero-order chi connectivity index (χ0) is 19.8. The molecule has 1 N–H and O–H groups in total. The lowest BCUT2D eigenvalue weighted by molar-refractivity contribution is 0.231. The maximum absolute atomic E-state index is 12.9. The average Bonchev–Trinajstić information content (AvgIpc) is 3.21. The Bertz CT molecular complexity index is 1240. The highest BCUT2D eigenvalue weighted by atomic mass is 32.1. The monoisotopic (exact) mass is 404 g/mol. The summed E-state index contributed by atoms with van der Waals surface area (Å²) in [6, 6.07) is 8.27. The van der Waals surface area contributed by atoms with Gasteiger partial charge in [0.15, 0.2) is 0 Å². The smallest absolute Gasteiger partial charge is 0.259 e. The lowest BCUT2D eigenvalue weighted by Gasteiger charge is -2.26. The number of nitrogens with zero attached hydrogens (tertiary/aromatic N) is 3. The summed E-state index contributed by atoms with van der Waals surface area (Å²) in [4.78, 5) is 28.6. The molecule has 0 aliphatic carbocycles. The first kappa shape index (κ1) is 18.5. The molecule has 1 aliphatic heterocycles. The van der Waals surface area contributed by atoms with Gasteiger partial charge in [0, 0.05) is 23.7 Å². The molecular formula is C23H24N4OS. The fourth-order valence-corrected chi connectivity index (χ4v) is 4.95. The summed E-state index contributed by atoms with van der Waals surface area (Å²) in [5, 5.41) is 3.76. The van der Waals surface area contributed by atoms with Crippen molar-refractivity contribution in [1.82, 2.24) is 19.9 Å². The summed E-state index contributed by atoms with van der Waals surface area (Å²) in [6.07, 6.45) is 6.70. The van der Waals surface area contributed by atoms with E-state index in [2.05, 4.69) is 20.9 Å². The Labute approximate surface area is 173 Å². The molecule has 1 fully saturated rings. The summed E-state index contributed by atoms with van der Waals surface area (Å²) in [5.74, 6) is 0.576. The largest absolute Gasteiger partial charge is 0.306 e. The van der Waals surface area contributed by atoms with Crippen molar-refractivity contribution in [3.8, 4) is 11.4 Å². The number of benzene rings is 1. The quantitative estimate of drug-likeness (QED) is 0.543. The Balaban J connectivity index is 1.48. The molecule has 1 saturated heterocycles. The molecule has 3 aromatic heterocycles. The van der Waals surface area contributed by atoms with Crippen LogP contribution in [-0.2, 0) is 6.42 Å². The van der Waals surface area contributed by atoms with Gasteiger partial charge in [-0.2, -0.15) is 0 Å². The van der Waals surface area contributed by atoms with E-state index < -0.39 is 0 Å². The number of nitrogens with one attached hydrogen (secondary N) is 1. The molecule has 6 heteroatoms. The Morgan fingerprint density at radius 1 is 1.17 bits per heavy atom. The summed E-state index contributed by atoms with van der Waals surface area (Å²) in [6.45, 7) is 5.49. The second-order valence-corrected chi connectivity index (χ2v) is 8.81. The van der Waals surface area contributed by atoms with Gasteiger partial charge in [-0.15, -0.1) is 11.3 Å². The number of H-pyrrole nitrogens is 1. The maximum Gasteiger partial charge on any atom is 0.259 e. The first-order chi connectivity index (χ1) is 14.2. The van der Waals surface area contributed by atoms with Crippen LogP contribution in [0.1, 0.15) is 30.4 Å². The van der Waals surface area contributed by atoms with Gasteiger partial charge in [0.2, 0.25) is 0 Å². The molecule has 5 rings (SSSR count). The Kier molecular flexibility index (Phi) is 4.89. The van der Waals surface area contributed by atoms with Crippen LogP contribution in [0.2, 0.25) is 0 Å². The van der Waals surface area contributed by atoms with E-state index in [1.165, 1.54) is 37.9 Å². The molecule has 0 saturated carbocycles. The van der Waals surface area contributed by atoms with Crippen LogP contribution in [0.25, 0.3) is 32.5 Å². The number of hydrogen-bond acceptors (Lipinski definition) is 5. The van der Waals surface area contributed by atoms with Gasteiger partial charge in [0.25, 0.3) is 5.56 Å². The first-order valence-corrected chi connectivity index (χ1v) is 11.1. The van der Waals surface area contributed by atoms with Crippen LogP contribution in [-0.4, -0.2) is 39.5 Å². The van der Waals surface area contributed by atoms with Gasteiger partial charge in [-0.05, 0) is 74.0 Å². The van der Waals surface area contributed by atoms with Gasteiger partial charge in [-0.25, -0.2) is 9.97 Å². The predicted octanol–water partition coefficient (Wildman–Crippen LogP) is 4.54. The van der Waals surface area contributed by atoms with Crippen molar-refractivity contribution in [2.45, 2.75) is 32.6 Å². The van der Waals surface area contributed by atoms with E-state index in [1.807, 2.05) is 30.5 Å². The van der Waals surface area contributed by atoms with Gasteiger partial charge in [-0.3, -0.25) is 4.79 Å². The van der Waals surface area contributed by atoms with Crippen molar-refractivity contribution in [3.05, 3.63) is 57.3 Å². The predicted molar refractivity (Wildman–Crippen MR) is 120 cm³/mol. The molecule has 0 amide bonds. The van der Waals surface area contributed by atoms with E-state index in [0.29, 0.717) is 11.2 Å². The van der Waals surface area contributed by atoms with Crippen molar-refractivity contribution in [2.75, 3.05) is 19.6 Å². The van der Waals surface area contributed by atoms with Gasteiger partial charge in [-0.1, -0.05) is 12.5 Å². The molecule has 148 valence electrons. The van der Waals surface area contributed by atoms with Crippen molar-refractivity contribution in [3.63, 3.8) is 0 Å². The minimum atomic E-state index is -0.0849. The number of aromatic amines is 1. The standard InChI is InChI=1S/C23H24N4OS/c1-15-11-16(5-9-27-7-3-2-4-8-27)12-19-20(15)25-21(26-22(19)28)18-13-17-6-10-29-23(17)24-14-18/h6,10-14H,2-5,7-9H2,1H3,(H,25,26,28). The highest BCUT2D eigenvalue weighted by Crippen LogP contribution is 2.25. The topological polar surface area (TPSA) is 61.9 Å². The summed E-state index contributed by atoms with van der Waals surface area (Å²) in [5.41, 5.74) is 3.78. The minimum absolute atomic E-state index is 0.0849. The zero-order valence-electron chi connectivity index (χ0n) is 16.6. The highest BCUT2D eigenvalue weighted by Gasteiger charge is 2.13. The van der Waals surface area contributed by atoms with Crippen LogP contribution in [0.3, 0.4) is 0 Å². The number of aryl methyl sites for hydroxylation is 1. The van der Waals surface area contributed by atoms with E-state index in [9.17, 15) is 4.79 Å². The van der Waals surface area contributed by atoms with Crippen LogP contribution in [0, 0.1) is 6.92 Å². The first-order valence-electron chi connectivity index (χ1n) is 10.3. The Morgan fingerprint density at radius 2 is 2.03 bits per heavy atom. The number of rotatable bonds is 4. The number of pyridine rings is 1. The summed E-state index contributed by atoms with van der Waals surface area (Å²) in [7, 11) is 0. The molecule has 0 radical (unpaired) electrons. The maximum atomic E-state index is 12.9. The Hall–Kier alpha value is -2.57. The van der Waals surface area contributed by atoms with Crippen LogP contribution in [0.4, 0.5) is 0 Å². The Morgan fingerprint density at radius 3 is 2.90 bits per heavy atom. The second kappa shape index (κ2) is 7.69. The molecule has 0 unspecified atom stereocenters. The number of thiophene rings is 1. The summed E-state index contributed by atoms with van der Waals surface area (Å²) < 4.78 is 0. The molecule has 1 aliphatic rings. The fraction of sp³-hybridized carbons (Fsp3) is 0.348. The molecule has 4 heterocycles.